The smallest absolute Gasteiger partial charge is 0.278 e. The highest BCUT2D eigenvalue weighted by molar-refractivity contribution is 6.30. The van der Waals surface area contributed by atoms with Crippen LogP contribution in [0.5, 0.6) is 11.5 Å². The molecule has 0 spiro atoms. The molecule has 1 fully saturated rings. The number of fused-ring (bicyclic) bond motifs is 1. The fraction of sp³-hybridized carbons (Fsp3) is 0.395. The fourth-order valence-corrected chi connectivity index (χ4v) is 5.55. The Morgan fingerprint density at radius 2 is 1.84 bits per heavy atom. The Morgan fingerprint density at radius 1 is 1.09 bits per heavy atom. The van der Waals surface area contributed by atoms with E-state index < -0.39 is 11.6 Å². The first-order valence-electron chi connectivity index (χ1n) is 15.6. The van der Waals surface area contributed by atoms with Crippen LogP contribution in [0.15, 0.2) is 72.8 Å². The molecule has 0 amide bonds. The van der Waals surface area contributed by atoms with Gasteiger partial charge in [0, 0.05) is 49.3 Å². The van der Waals surface area contributed by atoms with Crippen LogP contribution in [0.3, 0.4) is 0 Å². The Balaban J connectivity index is 0.000000221. The third-order valence-electron chi connectivity index (χ3n) is 8.30. The van der Waals surface area contributed by atoms with E-state index in [0.29, 0.717) is 28.2 Å². The monoisotopic (exact) mass is 633 g/mol. The maximum atomic E-state index is 14.5. The molecule has 5 nitrogen and oxygen atoms in total. The standard InChI is InChI=1S/C23H23ClFNO2.C10H12O.C5H10O/c1-15(2)14-26-11-9-16(10-12-26)18-5-4-6-21-22(18)28-23(3,27-21)19-8-7-17(24)13-20(19)25;1-7-4-5-10(9(3)11)6-8(7)2;1-2-5-3-4-6-5/h4-9,13H,1,10-12,14H2,2-3H3;4-6H,1-3H3;5H,2-4H2,1H3. The summed E-state index contributed by atoms with van der Waals surface area (Å²) < 4.78 is 31.8. The van der Waals surface area contributed by atoms with E-state index in [9.17, 15) is 9.18 Å². The van der Waals surface area contributed by atoms with Crippen LogP contribution >= 0.6 is 11.6 Å². The number of aryl methyl sites for hydroxylation is 2. The Morgan fingerprint density at radius 3 is 2.38 bits per heavy atom. The van der Waals surface area contributed by atoms with Gasteiger partial charge in [0.25, 0.3) is 5.79 Å². The van der Waals surface area contributed by atoms with Crippen molar-refractivity contribution in [3.8, 4) is 11.5 Å². The lowest BCUT2D eigenvalue weighted by Crippen LogP contribution is -2.32. The number of hydrogen-bond donors (Lipinski definition) is 0. The van der Waals surface area contributed by atoms with Crippen LogP contribution in [0, 0.1) is 19.7 Å². The second-order valence-corrected chi connectivity index (χ2v) is 12.6. The van der Waals surface area contributed by atoms with Crippen molar-refractivity contribution in [3.05, 3.63) is 111 Å². The van der Waals surface area contributed by atoms with Gasteiger partial charge in [-0.25, -0.2) is 4.39 Å². The van der Waals surface area contributed by atoms with Gasteiger partial charge in [0.1, 0.15) is 5.82 Å². The molecule has 2 unspecified atom stereocenters. The molecule has 3 aliphatic rings. The first-order chi connectivity index (χ1) is 21.4. The summed E-state index contributed by atoms with van der Waals surface area (Å²) >= 11 is 5.89. The van der Waals surface area contributed by atoms with Gasteiger partial charge in [0.05, 0.1) is 11.7 Å². The van der Waals surface area contributed by atoms with E-state index in [1.165, 1.54) is 35.6 Å². The van der Waals surface area contributed by atoms with Gasteiger partial charge in [0.2, 0.25) is 0 Å². The predicted octanol–water partition coefficient (Wildman–Crippen LogP) is 9.48. The maximum Gasteiger partial charge on any atom is 0.278 e. The number of halogens is 2. The number of carbonyl (C=O) groups excluding carboxylic acids is 1. The van der Waals surface area contributed by atoms with Gasteiger partial charge in [-0.05, 0) is 94.0 Å². The molecule has 0 aliphatic carbocycles. The molecular formula is C38H45ClFNO4. The zero-order chi connectivity index (χ0) is 32.7. The topological polar surface area (TPSA) is 48.0 Å². The van der Waals surface area contributed by atoms with Crippen LogP contribution in [-0.2, 0) is 10.5 Å². The minimum atomic E-state index is -1.23. The molecule has 240 valence electrons. The number of ether oxygens (including phenoxy) is 3. The van der Waals surface area contributed by atoms with Gasteiger partial charge in [-0.3, -0.25) is 9.69 Å². The van der Waals surface area contributed by atoms with Crippen LogP contribution in [-0.4, -0.2) is 43.0 Å². The van der Waals surface area contributed by atoms with Crippen molar-refractivity contribution in [2.75, 3.05) is 26.2 Å². The lowest BCUT2D eigenvalue weighted by atomic mass is 9.98. The third kappa shape index (κ3) is 8.84. The van der Waals surface area contributed by atoms with E-state index in [-0.39, 0.29) is 5.78 Å². The quantitative estimate of drug-likeness (QED) is 0.200. The predicted molar refractivity (Wildman–Crippen MR) is 181 cm³/mol. The Bertz CT molecular complexity index is 1560. The van der Waals surface area contributed by atoms with Crippen molar-refractivity contribution in [2.45, 2.75) is 72.7 Å². The van der Waals surface area contributed by atoms with Crippen molar-refractivity contribution in [1.82, 2.24) is 4.90 Å². The zero-order valence-electron chi connectivity index (χ0n) is 27.3. The summed E-state index contributed by atoms with van der Waals surface area (Å²) in [6.45, 7) is 19.3. The Labute approximate surface area is 272 Å². The van der Waals surface area contributed by atoms with Crippen molar-refractivity contribution in [2.24, 2.45) is 0 Å². The summed E-state index contributed by atoms with van der Waals surface area (Å²) in [4.78, 5) is 13.3. The molecular weight excluding hydrogens is 589 g/mol. The summed E-state index contributed by atoms with van der Waals surface area (Å²) in [6, 6.07) is 16.1. The van der Waals surface area contributed by atoms with Gasteiger partial charge in [-0.15, -0.1) is 0 Å². The number of para-hydroxylation sites is 1. The highest BCUT2D eigenvalue weighted by Crippen LogP contribution is 2.49. The molecule has 0 radical (unpaired) electrons. The number of carbonyl (C=O) groups is 1. The number of hydrogen-bond acceptors (Lipinski definition) is 5. The van der Waals surface area contributed by atoms with Gasteiger partial charge in [-0.1, -0.05) is 61.0 Å². The van der Waals surface area contributed by atoms with Gasteiger partial charge < -0.3 is 14.2 Å². The van der Waals surface area contributed by atoms with Crippen LogP contribution in [0.4, 0.5) is 4.39 Å². The number of benzene rings is 3. The maximum absolute atomic E-state index is 14.5. The Kier molecular flexibility index (Phi) is 11.6. The molecule has 45 heavy (non-hydrogen) atoms. The van der Waals surface area contributed by atoms with Crippen molar-refractivity contribution in [1.29, 1.82) is 0 Å². The first kappa shape index (κ1) is 34.4. The van der Waals surface area contributed by atoms with E-state index in [1.807, 2.05) is 57.2 Å². The molecule has 0 aromatic heterocycles. The average molecular weight is 634 g/mol. The van der Waals surface area contributed by atoms with Crippen LogP contribution in [0.25, 0.3) is 5.57 Å². The molecule has 2 atom stereocenters. The number of rotatable bonds is 6. The highest BCUT2D eigenvalue weighted by atomic mass is 35.5. The summed E-state index contributed by atoms with van der Waals surface area (Å²) in [6.07, 6.45) is 6.24. The fourth-order valence-electron chi connectivity index (χ4n) is 5.40. The molecule has 1 saturated heterocycles. The minimum absolute atomic E-state index is 0.133. The second-order valence-electron chi connectivity index (χ2n) is 12.1. The molecule has 6 rings (SSSR count). The minimum Gasteiger partial charge on any atom is -0.444 e. The average Bonchev–Trinajstić information content (AvgIpc) is 3.32. The second kappa shape index (κ2) is 15.2. The molecule has 3 aromatic carbocycles. The van der Waals surface area contributed by atoms with Crippen LogP contribution in [0.1, 0.15) is 79.6 Å². The zero-order valence-corrected chi connectivity index (χ0v) is 28.1. The molecule has 0 bridgehead atoms. The van der Waals surface area contributed by atoms with Crippen molar-refractivity contribution in [3.63, 3.8) is 0 Å². The highest BCUT2D eigenvalue weighted by Gasteiger charge is 2.42. The van der Waals surface area contributed by atoms with E-state index >= 15 is 0 Å². The lowest BCUT2D eigenvalue weighted by molar-refractivity contribution is -0.0708. The number of nitrogens with zero attached hydrogens (tertiary/aromatic N) is 1. The summed E-state index contributed by atoms with van der Waals surface area (Å²) in [5.41, 5.74) is 6.92. The van der Waals surface area contributed by atoms with Crippen molar-refractivity contribution < 1.29 is 23.4 Å². The summed E-state index contributed by atoms with van der Waals surface area (Å²) in [5, 5.41) is 0.340. The van der Waals surface area contributed by atoms with E-state index in [4.69, 9.17) is 25.8 Å². The van der Waals surface area contributed by atoms with Crippen LogP contribution in [0.2, 0.25) is 5.02 Å². The molecule has 3 aliphatic heterocycles. The van der Waals surface area contributed by atoms with Crippen LogP contribution < -0.4 is 9.47 Å². The van der Waals surface area contributed by atoms with Crippen molar-refractivity contribution >= 4 is 23.0 Å². The lowest BCUT2D eigenvalue weighted by Gasteiger charge is -2.27. The van der Waals surface area contributed by atoms with E-state index in [0.717, 1.165) is 49.4 Å². The molecule has 0 saturated carbocycles. The molecule has 3 aromatic rings. The first-order valence-corrected chi connectivity index (χ1v) is 16.0. The SMILES string of the molecule is C=C(C)CN1CC=C(c2cccc3c2OC(C)(c2ccc(Cl)cc2F)O3)CC1.CC(=O)c1ccc(C)c(C)c1.CCC1CCO1. The Hall–Kier alpha value is -3.45. The third-order valence-corrected chi connectivity index (χ3v) is 8.53. The van der Waals surface area contributed by atoms with E-state index in [1.54, 1.807) is 26.0 Å². The molecule has 3 heterocycles. The molecule has 7 heteroatoms. The largest absolute Gasteiger partial charge is 0.444 e. The van der Waals surface area contributed by atoms with E-state index in [2.05, 4.69) is 24.5 Å². The van der Waals surface area contributed by atoms with Gasteiger partial charge in [0.15, 0.2) is 17.3 Å². The molecule has 0 N–H and O–H groups in total. The van der Waals surface area contributed by atoms with Gasteiger partial charge >= 0.3 is 0 Å². The summed E-state index contributed by atoms with van der Waals surface area (Å²) in [5.74, 6) is -0.253. The number of Topliss-reactive ketones (excluding diaryl/α,β-unsaturated/α-hetero) is 1. The number of ketones is 1. The normalized spacial score (nSPS) is 20.1. The van der Waals surface area contributed by atoms with Gasteiger partial charge in [-0.2, -0.15) is 0 Å². The summed E-state index contributed by atoms with van der Waals surface area (Å²) in [7, 11) is 0.